The van der Waals surface area contributed by atoms with Crippen LogP contribution in [0.3, 0.4) is 0 Å². The highest BCUT2D eigenvalue weighted by Gasteiger charge is 2.10. The highest BCUT2D eigenvalue weighted by Crippen LogP contribution is 2.13. The van der Waals surface area contributed by atoms with E-state index in [0.29, 0.717) is 17.7 Å². The lowest BCUT2D eigenvalue weighted by Gasteiger charge is -2.08. The van der Waals surface area contributed by atoms with Crippen LogP contribution >= 0.6 is 0 Å². The number of hydrogen-bond acceptors (Lipinski definition) is 7. The van der Waals surface area contributed by atoms with Crippen LogP contribution in [0.1, 0.15) is 37.5 Å². The molecule has 2 aromatic carbocycles. The van der Waals surface area contributed by atoms with Gasteiger partial charge in [0, 0.05) is 6.42 Å². The van der Waals surface area contributed by atoms with Crippen molar-refractivity contribution in [3.63, 3.8) is 0 Å². The molecule has 0 fully saturated rings. The van der Waals surface area contributed by atoms with E-state index in [1.807, 2.05) is 0 Å². The molecule has 2 aromatic rings. The van der Waals surface area contributed by atoms with Gasteiger partial charge in [0.25, 0.3) is 0 Å². The van der Waals surface area contributed by atoms with E-state index in [2.05, 4.69) is 0 Å². The van der Waals surface area contributed by atoms with Gasteiger partial charge < -0.3 is 24.4 Å². The van der Waals surface area contributed by atoms with E-state index in [1.165, 1.54) is 24.3 Å². The minimum absolute atomic E-state index is 0.0563. The molecule has 0 aliphatic heterocycles. The molecule has 0 saturated heterocycles. The maximum absolute atomic E-state index is 11.9. The van der Waals surface area contributed by atoms with Crippen molar-refractivity contribution in [2.45, 2.75) is 6.42 Å². The van der Waals surface area contributed by atoms with E-state index in [0.717, 1.165) is 0 Å². The lowest BCUT2D eigenvalue weighted by Crippen LogP contribution is -2.11. The average Bonchev–Trinajstić information content (AvgIpc) is 2.72. The Labute approximate surface area is 161 Å². The number of aliphatic hydroxyl groups is 1. The summed E-state index contributed by atoms with van der Waals surface area (Å²) >= 11 is 0. The fraction of sp³-hybridized carbons (Fsp3) is 0.250. The van der Waals surface area contributed by atoms with Crippen molar-refractivity contribution in [1.82, 2.24) is 0 Å². The molecule has 0 aromatic heterocycles. The fourth-order valence-electron chi connectivity index (χ4n) is 2.15. The first-order valence-electron chi connectivity index (χ1n) is 8.52. The number of carbonyl (C=O) groups excluding carboxylic acids is 2. The van der Waals surface area contributed by atoms with Gasteiger partial charge in [0.2, 0.25) is 0 Å². The zero-order valence-electron chi connectivity index (χ0n) is 15.0. The lowest BCUT2D eigenvalue weighted by atomic mass is 10.1. The maximum Gasteiger partial charge on any atom is 0.338 e. The third kappa shape index (κ3) is 6.40. The number of aromatic carboxylic acids is 1. The van der Waals surface area contributed by atoms with E-state index in [9.17, 15) is 14.4 Å². The van der Waals surface area contributed by atoms with E-state index in [1.54, 1.807) is 24.3 Å². The van der Waals surface area contributed by atoms with Crippen LogP contribution in [0.4, 0.5) is 0 Å². The summed E-state index contributed by atoms with van der Waals surface area (Å²) in [6.45, 7) is 0.210. The van der Waals surface area contributed by atoms with Gasteiger partial charge in [0.15, 0.2) is 0 Å². The first-order valence-corrected chi connectivity index (χ1v) is 8.52. The molecule has 8 nitrogen and oxygen atoms in total. The zero-order chi connectivity index (χ0) is 20.4. The van der Waals surface area contributed by atoms with Crippen molar-refractivity contribution in [3.05, 3.63) is 65.2 Å². The van der Waals surface area contributed by atoms with Crippen LogP contribution in [0.2, 0.25) is 0 Å². The quantitative estimate of drug-likeness (QED) is 0.469. The number of carboxylic acid groups (broad SMARTS) is 1. The van der Waals surface area contributed by atoms with E-state index < -0.39 is 17.9 Å². The van der Waals surface area contributed by atoms with E-state index in [4.69, 9.17) is 24.4 Å². The molecule has 2 rings (SSSR count). The number of hydrogen-bond donors (Lipinski definition) is 2. The zero-order valence-corrected chi connectivity index (χ0v) is 15.0. The van der Waals surface area contributed by atoms with Crippen LogP contribution < -0.4 is 4.74 Å². The highest BCUT2D eigenvalue weighted by molar-refractivity contribution is 5.92. The van der Waals surface area contributed by atoms with Crippen LogP contribution in [0.5, 0.6) is 5.75 Å². The molecule has 0 spiro atoms. The molecule has 8 heteroatoms. The number of carboxylic acids is 1. The van der Waals surface area contributed by atoms with Gasteiger partial charge in [-0.25, -0.2) is 14.4 Å². The summed E-state index contributed by atoms with van der Waals surface area (Å²) in [5, 5.41) is 17.5. The second-order valence-corrected chi connectivity index (χ2v) is 5.60. The summed E-state index contributed by atoms with van der Waals surface area (Å²) in [7, 11) is 0. The van der Waals surface area contributed by atoms with Gasteiger partial charge in [-0.1, -0.05) is 0 Å². The SMILES string of the molecule is O=C(O)c1ccc(C(=O)OCCCOC(=O)c2ccc(OCCO)cc2)cc1. The fourth-order valence-corrected chi connectivity index (χ4v) is 2.15. The van der Waals surface area contributed by atoms with E-state index >= 15 is 0 Å². The molecule has 0 aliphatic rings. The van der Waals surface area contributed by atoms with Gasteiger partial charge in [-0.05, 0) is 48.5 Å². The normalized spacial score (nSPS) is 10.2. The number of esters is 2. The summed E-state index contributed by atoms with van der Waals surface area (Å²) in [6, 6.07) is 11.7. The number of aliphatic hydroxyl groups excluding tert-OH is 1. The molecule has 0 radical (unpaired) electrons. The van der Waals surface area contributed by atoms with Crippen LogP contribution in [0.15, 0.2) is 48.5 Å². The monoisotopic (exact) mass is 388 g/mol. The molecule has 0 unspecified atom stereocenters. The Kier molecular flexibility index (Phi) is 7.98. The maximum atomic E-state index is 11.9. The van der Waals surface area contributed by atoms with Crippen LogP contribution in [-0.2, 0) is 9.47 Å². The smallest absolute Gasteiger partial charge is 0.338 e. The second-order valence-electron chi connectivity index (χ2n) is 5.60. The Morgan fingerprint density at radius 2 is 1.18 bits per heavy atom. The first kappa shape index (κ1) is 20.9. The molecule has 0 amide bonds. The Balaban J connectivity index is 1.68. The topological polar surface area (TPSA) is 119 Å². The van der Waals surface area contributed by atoms with Crippen molar-refractivity contribution < 1.29 is 38.8 Å². The number of benzene rings is 2. The molecular weight excluding hydrogens is 368 g/mol. The van der Waals surface area contributed by atoms with Gasteiger partial charge in [-0.3, -0.25) is 0 Å². The summed E-state index contributed by atoms with van der Waals surface area (Å²) in [6.07, 6.45) is 0.322. The van der Waals surface area contributed by atoms with Gasteiger partial charge in [-0.2, -0.15) is 0 Å². The summed E-state index contributed by atoms with van der Waals surface area (Å²) in [5.74, 6) is -1.63. The average molecular weight is 388 g/mol. The van der Waals surface area contributed by atoms with Crippen LogP contribution in [-0.4, -0.2) is 54.5 Å². The predicted molar refractivity (Wildman–Crippen MR) is 97.6 cm³/mol. The third-order valence-corrected chi connectivity index (χ3v) is 3.57. The highest BCUT2D eigenvalue weighted by atomic mass is 16.5. The Morgan fingerprint density at radius 1 is 0.714 bits per heavy atom. The van der Waals surface area contributed by atoms with Gasteiger partial charge >= 0.3 is 17.9 Å². The molecular formula is C20H20O8. The van der Waals surface area contributed by atoms with Crippen LogP contribution in [0.25, 0.3) is 0 Å². The van der Waals surface area contributed by atoms with Gasteiger partial charge in [-0.15, -0.1) is 0 Å². The van der Waals surface area contributed by atoms with Crippen molar-refractivity contribution in [3.8, 4) is 5.75 Å². The standard InChI is InChI=1S/C20H20O8/c21-10-13-26-17-8-6-16(7-9-17)20(25)28-12-1-11-27-19(24)15-4-2-14(3-5-15)18(22)23/h2-9,21H,1,10-13H2,(H,22,23). The first-order chi connectivity index (χ1) is 13.5. The molecule has 2 N–H and O–H groups in total. The molecule has 0 atom stereocenters. The van der Waals surface area contributed by atoms with Crippen molar-refractivity contribution >= 4 is 17.9 Å². The number of ether oxygens (including phenoxy) is 3. The Bertz CT molecular complexity index is 796. The Morgan fingerprint density at radius 3 is 1.64 bits per heavy atom. The molecule has 148 valence electrons. The summed E-state index contributed by atoms with van der Waals surface area (Å²) in [4.78, 5) is 34.5. The molecule has 0 aliphatic carbocycles. The third-order valence-electron chi connectivity index (χ3n) is 3.57. The van der Waals surface area contributed by atoms with Crippen LogP contribution in [0, 0.1) is 0 Å². The molecule has 0 saturated carbocycles. The van der Waals surface area contributed by atoms with Gasteiger partial charge in [0.05, 0.1) is 36.5 Å². The predicted octanol–water partition coefficient (Wildman–Crippen LogP) is 2.16. The minimum Gasteiger partial charge on any atom is -0.491 e. The van der Waals surface area contributed by atoms with Crippen molar-refractivity contribution in [1.29, 1.82) is 0 Å². The summed E-state index contributed by atoms with van der Waals surface area (Å²) in [5.41, 5.74) is 0.675. The largest absolute Gasteiger partial charge is 0.491 e. The minimum atomic E-state index is -1.07. The second kappa shape index (κ2) is 10.7. The summed E-state index contributed by atoms with van der Waals surface area (Å²) < 4.78 is 15.4. The molecule has 0 bridgehead atoms. The molecule has 0 heterocycles. The van der Waals surface area contributed by atoms with Gasteiger partial charge in [0.1, 0.15) is 12.4 Å². The number of rotatable bonds is 10. The number of carbonyl (C=O) groups is 3. The van der Waals surface area contributed by atoms with Crippen molar-refractivity contribution in [2.75, 3.05) is 26.4 Å². The lowest BCUT2D eigenvalue weighted by molar-refractivity contribution is 0.0395. The van der Waals surface area contributed by atoms with E-state index in [-0.39, 0.29) is 37.6 Å². The van der Waals surface area contributed by atoms with Crippen molar-refractivity contribution in [2.24, 2.45) is 0 Å². The Hall–Kier alpha value is -3.39. The molecule has 28 heavy (non-hydrogen) atoms.